The Labute approximate surface area is 174 Å². The van der Waals surface area contributed by atoms with Crippen molar-refractivity contribution >= 4 is 23.2 Å². The van der Waals surface area contributed by atoms with E-state index in [-0.39, 0.29) is 5.91 Å². The molecule has 30 heavy (non-hydrogen) atoms. The van der Waals surface area contributed by atoms with E-state index in [9.17, 15) is 4.79 Å². The molecule has 148 valence electrons. The summed E-state index contributed by atoms with van der Waals surface area (Å²) in [7, 11) is 0. The van der Waals surface area contributed by atoms with Gasteiger partial charge >= 0.3 is 0 Å². The summed E-state index contributed by atoms with van der Waals surface area (Å²) in [6.07, 6.45) is 4.85. The molecule has 0 unspecified atom stereocenters. The summed E-state index contributed by atoms with van der Waals surface area (Å²) in [6, 6.07) is 16.8. The first-order chi connectivity index (χ1) is 14.6. The van der Waals surface area contributed by atoms with Crippen molar-refractivity contribution in [3.63, 3.8) is 0 Å². The van der Waals surface area contributed by atoms with Crippen LogP contribution in [-0.4, -0.2) is 25.8 Å². The van der Waals surface area contributed by atoms with Crippen molar-refractivity contribution in [1.29, 1.82) is 0 Å². The smallest absolute Gasteiger partial charge is 0.255 e. The van der Waals surface area contributed by atoms with Gasteiger partial charge < -0.3 is 10.6 Å². The largest absolute Gasteiger partial charge is 0.324 e. The molecule has 0 fully saturated rings. The molecule has 0 saturated heterocycles. The molecule has 2 N–H and O–H groups in total. The molecule has 0 atom stereocenters. The Bertz CT molecular complexity index is 1180. The number of hydrogen-bond donors (Lipinski definition) is 2. The van der Waals surface area contributed by atoms with Crippen LogP contribution in [-0.2, 0) is 0 Å². The molecule has 1 amide bonds. The molecule has 7 heteroatoms. The van der Waals surface area contributed by atoms with Crippen molar-refractivity contribution < 1.29 is 4.79 Å². The van der Waals surface area contributed by atoms with E-state index in [1.54, 1.807) is 12.4 Å². The van der Waals surface area contributed by atoms with Crippen LogP contribution in [0.3, 0.4) is 0 Å². The van der Waals surface area contributed by atoms with E-state index in [1.807, 2.05) is 68.4 Å². The van der Waals surface area contributed by atoms with Gasteiger partial charge in [-0.2, -0.15) is 4.98 Å². The SMILES string of the molecule is Cc1ccc(C(=O)Nc2ccc(C)c(Nc3ncnc(-c4cccnc4)n3)c2)cc1. The van der Waals surface area contributed by atoms with Crippen LogP contribution in [0.2, 0.25) is 0 Å². The van der Waals surface area contributed by atoms with Gasteiger partial charge in [0, 0.05) is 34.9 Å². The lowest BCUT2D eigenvalue weighted by atomic mass is 10.1. The van der Waals surface area contributed by atoms with Gasteiger partial charge in [-0.3, -0.25) is 9.78 Å². The molecule has 2 aromatic heterocycles. The van der Waals surface area contributed by atoms with E-state index >= 15 is 0 Å². The van der Waals surface area contributed by atoms with E-state index in [1.165, 1.54) is 6.33 Å². The molecule has 0 aliphatic heterocycles. The zero-order chi connectivity index (χ0) is 20.9. The van der Waals surface area contributed by atoms with Crippen molar-refractivity contribution in [2.75, 3.05) is 10.6 Å². The lowest BCUT2D eigenvalue weighted by Gasteiger charge is -2.12. The average Bonchev–Trinajstić information content (AvgIpc) is 2.77. The quantitative estimate of drug-likeness (QED) is 0.514. The third-order valence-electron chi connectivity index (χ3n) is 4.55. The molecular formula is C23H20N6O. The number of aryl methyl sites for hydroxylation is 2. The highest BCUT2D eigenvalue weighted by atomic mass is 16.1. The normalized spacial score (nSPS) is 10.5. The molecule has 0 saturated carbocycles. The molecule has 2 heterocycles. The van der Waals surface area contributed by atoms with Gasteiger partial charge in [-0.15, -0.1) is 0 Å². The summed E-state index contributed by atoms with van der Waals surface area (Å²) in [5.41, 5.74) is 4.98. The minimum atomic E-state index is -0.163. The topological polar surface area (TPSA) is 92.7 Å². The van der Waals surface area contributed by atoms with Crippen LogP contribution >= 0.6 is 0 Å². The number of amides is 1. The number of carbonyl (C=O) groups excluding carboxylic acids is 1. The van der Waals surface area contributed by atoms with Crippen LogP contribution in [0.15, 0.2) is 73.3 Å². The molecule has 0 radical (unpaired) electrons. The molecule has 0 bridgehead atoms. The van der Waals surface area contributed by atoms with Gasteiger partial charge in [0.2, 0.25) is 5.95 Å². The molecule has 0 aliphatic rings. The van der Waals surface area contributed by atoms with Crippen LogP contribution in [0.25, 0.3) is 11.4 Å². The van der Waals surface area contributed by atoms with Gasteiger partial charge in [0.15, 0.2) is 5.82 Å². The number of hydrogen-bond acceptors (Lipinski definition) is 6. The standard InChI is InChI=1S/C23H20N6O/c1-15-5-8-17(9-6-15)22(30)27-19-10-7-16(2)20(12-19)28-23-26-14-25-21(29-23)18-4-3-11-24-13-18/h3-14H,1-2H3,(H,27,30)(H,25,26,28,29). The van der Waals surface area contributed by atoms with Crippen molar-refractivity contribution in [2.24, 2.45) is 0 Å². The van der Waals surface area contributed by atoms with Crippen LogP contribution in [0.4, 0.5) is 17.3 Å². The zero-order valence-electron chi connectivity index (χ0n) is 16.6. The predicted molar refractivity (Wildman–Crippen MR) is 117 cm³/mol. The van der Waals surface area contributed by atoms with Gasteiger partial charge in [-0.25, -0.2) is 9.97 Å². The maximum Gasteiger partial charge on any atom is 0.255 e. The number of carbonyl (C=O) groups is 1. The molecule has 4 rings (SSSR count). The second-order valence-corrected chi connectivity index (χ2v) is 6.85. The fraction of sp³-hybridized carbons (Fsp3) is 0.0870. The van der Waals surface area contributed by atoms with Crippen molar-refractivity contribution in [3.05, 3.63) is 90.0 Å². The van der Waals surface area contributed by atoms with E-state index < -0.39 is 0 Å². The fourth-order valence-electron chi connectivity index (χ4n) is 2.85. The lowest BCUT2D eigenvalue weighted by molar-refractivity contribution is 0.102. The van der Waals surface area contributed by atoms with Crippen LogP contribution in [0.1, 0.15) is 21.5 Å². The number of anilines is 3. The Morgan fingerprint density at radius 1 is 0.967 bits per heavy atom. The summed E-state index contributed by atoms with van der Waals surface area (Å²) in [4.78, 5) is 29.5. The van der Waals surface area contributed by atoms with E-state index in [0.29, 0.717) is 23.0 Å². The van der Waals surface area contributed by atoms with Crippen molar-refractivity contribution in [2.45, 2.75) is 13.8 Å². The van der Waals surface area contributed by atoms with Crippen molar-refractivity contribution in [1.82, 2.24) is 19.9 Å². The van der Waals surface area contributed by atoms with Gasteiger partial charge in [-0.1, -0.05) is 23.8 Å². The molecular weight excluding hydrogens is 376 g/mol. The number of nitrogens with one attached hydrogen (secondary N) is 2. The highest BCUT2D eigenvalue weighted by molar-refractivity contribution is 6.04. The third-order valence-corrected chi connectivity index (χ3v) is 4.55. The second kappa shape index (κ2) is 8.48. The molecule has 7 nitrogen and oxygen atoms in total. The third kappa shape index (κ3) is 4.47. The monoisotopic (exact) mass is 396 g/mol. The maximum atomic E-state index is 12.5. The van der Waals surface area contributed by atoms with Gasteiger partial charge in [0.05, 0.1) is 0 Å². The summed E-state index contributed by atoms with van der Waals surface area (Å²) >= 11 is 0. The highest BCUT2D eigenvalue weighted by Gasteiger charge is 2.09. The first-order valence-electron chi connectivity index (χ1n) is 9.43. The van der Waals surface area contributed by atoms with Gasteiger partial charge in [-0.05, 0) is 55.8 Å². The summed E-state index contributed by atoms with van der Waals surface area (Å²) in [6.45, 7) is 3.96. The van der Waals surface area contributed by atoms with Crippen LogP contribution in [0.5, 0.6) is 0 Å². The van der Waals surface area contributed by atoms with Gasteiger partial charge in [0.25, 0.3) is 5.91 Å². The van der Waals surface area contributed by atoms with E-state index in [4.69, 9.17) is 0 Å². The Kier molecular flexibility index (Phi) is 5.43. The van der Waals surface area contributed by atoms with Crippen molar-refractivity contribution in [3.8, 4) is 11.4 Å². The maximum absolute atomic E-state index is 12.5. The second-order valence-electron chi connectivity index (χ2n) is 6.85. The van der Waals surface area contributed by atoms with E-state index in [0.717, 1.165) is 22.4 Å². The Morgan fingerprint density at radius 2 is 1.80 bits per heavy atom. The lowest BCUT2D eigenvalue weighted by Crippen LogP contribution is -2.12. The first kappa shape index (κ1) is 19.2. The number of benzene rings is 2. The molecule has 4 aromatic rings. The Morgan fingerprint density at radius 3 is 2.57 bits per heavy atom. The summed E-state index contributed by atoms with van der Waals surface area (Å²) < 4.78 is 0. The average molecular weight is 396 g/mol. The first-order valence-corrected chi connectivity index (χ1v) is 9.43. The van der Waals surface area contributed by atoms with Crippen LogP contribution in [0, 0.1) is 13.8 Å². The van der Waals surface area contributed by atoms with Crippen LogP contribution < -0.4 is 10.6 Å². The minimum absolute atomic E-state index is 0.163. The van der Waals surface area contributed by atoms with Gasteiger partial charge in [0.1, 0.15) is 6.33 Å². The number of rotatable bonds is 5. The predicted octanol–water partition coefficient (Wildman–Crippen LogP) is 4.55. The number of nitrogens with zero attached hydrogens (tertiary/aromatic N) is 4. The molecule has 2 aromatic carbocycles. The summed E-state index contributed by atoms with van der Waals surface area (Å²) in [5, 5.41) is 6.14. The summed E-state index contributed by atoms with van der Waals surface area (Å²) in [5.74, 6) is 0.778. The fourth-order valence-corrected chi connectivity index (χ4v) is 2.85. The highest BCUT2D eigenvalue weighted by Crippen LogP contribution is 2.24. The molecule has 0 aliphatic carbocycles. The molecule has 0 spiro atoms. The van der Waals surface area contributed by atoms with E-state index in [2.05, 4.69) is 30.6 Å². The minimum Gasteiger partial charge on any atom is -0.324 e. The number of pyridine rings is 1. The number of aromatic nitrogens is 4. The Hall–Kier alpha value is -4.13. The zero-order valence-corrected chi connectivity index (χ0v) is 16.6. The Balaban J connectivity index is 1.54.